The van der Waals surface area contributed by atoms with Crippen LogP contribution in [0.15, 0.2) is 24.3 Å². The van der Waals surface area contributed by atoms with E-state index in [0.717, 1.165) is 25.9 Å². The van der Waals surface area contributed by atoms with Gasteiger partial charge in [0.05, 0.1) is 12.1 Å². The third kappa shape index (κ3) is 2.25. The largest absolute Gasteiger partial charge is 0.394 e. The average Bonchev–Trinajstić information content (AvgIpc) is 2.84. The summed E-state index contributed by atoms with van der Waals surface area (Å²) in [6.07, 6.45) is 2.08. The van der Waals surface area contributed by atoms with Gasteiger partial charge in [0.1, 0.15) is 0 Å². The molecule has 1 aromatic carbocycles. The van der Waals surface area contributed by atoms with Gasteiger partial charge in [0, 0.05) is 18.8 Å². The van der Waals surface area contributed by atoms with Gasteiger partial charge in [-0.05, 0) is 38.6 Å². The highest BCUT2D eigenvalue weighted by atomic mass is 16.3. The second kappa shape index (κ2) is 5.29. The van der Waals surface area contributed by atoms with E-state index >= 15 is 0 Å². The van der Waals surface area contributed by atoms with Gasteiger partial charge in [0.2, 0.25) is 0 Å². The van der Waals surface area contributed by atoms with Gasteiger partial charge >= 0.3 is 0 Å². The highest BCUT2D eigenvalue weighted by Crippen LogP contribution is 2.31. The van der Waals surface area contributed by atoms with Crippen LogP contribution in [-0.2, 0) is 6.42 Å². The highest BCUT2D eigenvalue weighted by molar-refractivity contribution is 5.55. The summed E-state index contributed by atoms with van der Waals surface area (Å²) < 4.78 is 0. The summed E-state index contributed by atoms with van der Waals surface area (Å²) >= 11 is 0. The average molecular weight is 248 g/mol. The molecule has 1 N–H and O–H groups in total. The van der Waals surface area contributed by atoms with Gasteiger partial charge in [-0.2, -0.15) is 0 Å². The molecule has 0 spiro atoms. The number of anilines is 1. The molecular weight excluding hydrogens is 224 g/mol. The number of likely N-dealkylation sites (N-methyl/N-ethyl adjacent to an activating group) is 1. The van der Waals surface area contributed by atoms with E-state index in [-0.39, 0.29) is 12.1 Å². The first-order chi connectivity index (χ1) is 8.63. The Morgan fingerprint density at radius 3 is 2.61 bits per heavy atom. The zero-order chi connectivity index (χ0) is 13.2. The molecule has 100 valence electrons. The number of para-hydroxylation sites is 1. The molecule has 1 saturated heterocycles. The maximum absolute atomic E-state index is 9.71. The lowest BCUT2D eigenvalue weighted by molar-refractivity contribution is 0.0867. The minimum Gasteiger partial charge on any atom is -0.394 e. The minimum absolute atomic E-state index is 0.0825. The van der Waals surface area contributed by atoms with Crippen LogP contribution in [0.1, 0.15) is 18.9 Å². The molecular formula is C15H24N2O. The van der Waals surface area contributed by atoms with Crippen molar-refractivity contribution in [3.63, 3.8) is 0 Å². The molecule has 1 atom stereocenters. The predicted molar refractivity (Wildman–Crippen MR) is 76.2 cm³/mol. The maximum atomic E-state index is 9.71. The predicted octanol–water partition coefficient (Wildman–Crippen LogP) is 1.75. The zero-order valence-corrected chi connectivity index (χ0v) is 11.7. The Labute approximate surface area is 110 Å². The van der Waals surface area contributed by atoms with E-state index in [1.807, 2.05) is 0 Å². The molecule has 0 radical (unpaired) electrons. The fraction of sp³-hybridized carbons (Fsp3) is 0.600. The zero-order valence-electron chi connectivity index (χ0n) is 11.7. The lowest BCUT2D eigenvalue weighted by Crippen LogP contribution is -2.49. The molecule has 0 amide bonds. The van der Waals surface area contributed by atoms with Crippen molar-refractivity contribution in [1.82, 2.24) is 4.90 Å². The third-order valence-electron chi connectivity index (χ3n) is 4.29. The fourth-order valence-electron chi connectivity index (χ4n) is 2.82. The van der Waals surface area contributed by atoms with E-state index < -0.39 is 0 Å². The van der Waals surface area contributed by atoms with E-state index in [0.29, 0.717) is 0 Å². The van der Waals surface area contributed by atoms with Crippen LogP contribution in [0.3, 0.4) is 0 Å². The van der Waals surface area contributed by atoms with Gasteiger partial charge in [-0.3, -0.25) is 4.90 Å². The number of aryl methyl sites for hydroxylation is 1. The molecule has 1 aliphatic rings. The molecule has 0 aromatic heterocycles. The topological polar surface area (TPSA) is 26.7 Å². The van der Waals surface area contributed by atoms with Crippen LogP contribution in [0.25, 0.3) is 0 Å². The second-order valence-corrected chi connectivity index (χ2v) is 5.43. The molecule has 0 saturated carbocycles. The van der Waals surface area contributed by atoms with E-state index in [1.54, 1.807) is 0 Å². The standard InChI is InChI=1S/C15H24N2O/c1-4-13-7-5-6-8-14(13)17-10-9-15(11-17,12-18)16(2)3/h5-8,18H,4,9-12H2,1-3H3. The number of hydrogen-bond donors (Lipinski definition) is 1. The van der Waals surface area contributed by atoms with Gasteiger partial charge in [-0.15, -0.1) is 0 Å². The number of aliphatic hydroxyl groups excluding tert-OH is 1. The molecule has 1 heterocycles. The van der Waals surface area contributed by atoms with Crippen molar-refractivity contribution in [2.75, 3.05) is 38.7 Å². The van der Waals surface area contributed by atoms with Crippen molar-refractivity contribution in [3.8, 4) is 0 Å². The molecule has 0 aliphatic carbocycles. The molecule has 3 nitrogen and oxygen atoms in total. The van der Waals surface area contributed by atoms with Crippen LogP contribution in [0.2, 0.25) is 0 Å². The summed E-state index contributed by atoms with van der Waals surface area (Å²) in [6, 6.07) is 8.60. The van der Waals surface area contributed by atoms with Crippen LogP contribution in [-0.4, -0.2) is 49.3 Å². The van der Waals surface area contributed by atoms with Gasteiger partial charge in [0.15, 0.2) is 0 Å². The Bertz CT molecular complexity index is 405. The van der Waals surface area contributed by atoms with Gasteiger partial charge < -0.3 is 10.0 Å². The van der Waals surface area contributed by atoms with Crippen LogP contribution in [0.5, 0.6) is 0 Å². The monoisotopic (exact) mass is 248 g/mol. The molecule has 1 aliphatic heterocycles. The number of benzene rings is 1. The Balaban J connectivity index is 2.22. The lowest BCUT2D eigenvalue weighted by atomic mass is 9.98. The molecule has 2 rings (SSSR count). The van der Waals surface area contributed by atoms with Crippen molar-refractivity contribution in [3.05, 3.63) is 29.8 Å². The van der Waals surface area contributed by atoms with Crippen LogP contribution in [0, 0.1) is 0 Å². The van der Waals surface area contributed by atoms with Crippen molar-refractivity contribution < 1.29 is 5.11 Å². The fourth-order valence-corrected chi connectivity index (χ4v) is 2.82. The molecule has 1 unspecified atom stereocenters. The number of nitrogens with zero attached hydrogens (tertiary/aromatic N) is 2. The first-order valence-corrected chi connectivity index (χ1v) is 6.74. The molecule has 18 heavy (non-hydrogen) atoms. The van der Waals surface area contributed by atoms with Gasteiger partial charge in [0.25, 0.3) is 0 Å². The molecule has 0 bridgehead atoms. The summed E-state index contributed by atoms with van der Waals surface area (Å²) in [5.41, 5.74) is 2.64. The van der Waals surface area contributed by atoms with E-state index in [4.69, 9.17) is 0 Å². The second-order valence-electron chi connectivity index (χ2n) is 5.43. The van der Waals surface area contributed by atoms with E-state index in [9.17, 15) is 5.11 Å². The summed E-state index contributed by atoms with van der Waals surface area (Å²) in [5, 5.41) is 9.71. The first kappa shape index (κ1) is 13.4. The number of aliphatic hydroxyl groups is 1. The Kier molecular flexibility index (Phi) is 3.93. The SMILES string of the molecule is CCc1ccccc1N1CCC(CO)(N(C)C)C1. The summed E-state index contributed by atoms with van der Waals surface area (Å²) in [7, 11) is 4.12. The van der Waals surface area contributed by atoms with E-state index in [1.165, 1.54) is 11.3 Å². The molecule has 1 fully saturated rings. The molecule has 3 heteroatoms. The smallest absolute Gasteiger partial charge is 0.0633 e. The third-order valence-corrected chi connectivity index (χ3v) is 4.29. The maximum Gasteiger partial charge on any atom is 0.0633 e. The number of rotatable bonds is 4. The van der Waals surface area contributed by atoms with Crippen LogP contribution in [0.4, 0.5) is 5.69 Å². The Morgan fingerprint density at radius 2 is 2.06 bits per heavy atom. The number of hydrogen-bond acceptors (Lipinski definition) is 3. The van der Waals surface area contributed by atoms with Crippen molar-refractivity contribution in [2.45, 2.75) is 25.3 Å². The van der Waals surface area contributed by atoms with Gasteiger partial charge in [-0.25, -0.2) is 0 Å². The van der Waals surface area contributed by atoms with Crippen molar-refractivity contribution in [1.29, 1.82) is 0 Å². The normalized spacial score (nSPS) is 23.9. The van der Waals surface area contributed by atoms with Crippen molar-refractivity contribution >= 4 is 5.69 Å². The molecule has 1 aromatic rings. The van der Waals surface area contributed by atoms with Gasteiger partial charge in [-0.1, -0.05) is 25.1 Å². The first-order valence-electron chi connectivity index (χ1n) is 6.74. The summed E-state index contributed by atoms with van der Waals surface area (Å²) in [4.78, 5) is 4.58. The van der Waals surface area contributed by atoms with E-state index in [2.05, 4.69) is 55.1 Å². The minimum atomic E-state index is -0.0825. The summed E-state index contributed by atoms with van der Waals surface area (Å²) in [6.45, 7) is 4.36. The summed E-state index contributed by atoms with van der Waals surface area (Å²) in [5.74, 6) is 0. The highest BCUT2D eigenvalue weighted by Gasteiger charge is 2.39. The van der Waals surface area contributed by atoms with Crippen molar-refractivity contribution in [2.24, 2.45) is 0 Å². The quantitative estimate of drug-likeness (QED) is 0.879. The Morgan fingerprint density at radius 1 is 1.33 bits per heavy atom. The van der Waals surface area contributed by atoms with Crippen LogP contribution < -0.4 is 4.90 Å². The lowest BCUT2D eigenvalue weighted by Gasteiger charge is -2.34. The van der Waals surface area contributed by atoms with Crippen LogP contribution >= 0.6 is 0 Å². The Hall–Kier alpha value is -1.06.